The number of esters is 1. The molecule has 0 saturated carbocycles. The van der Waals surface area contributed by atoms with Gasteiger partial charge in [-0.15, -0.1) is 0 Å². The number of nitrogens with zero attached hydrogens (tertiary/aromatic N) is 2. The molecule has 3 heterocycles. The molecule has 1 fully saturated rings. The van der Waals surface area contributed by atoms with Crippen LogP contribution in [-0.2, 0) is 9.53 Å². The fraction of sp³-hybridized carbons (Fsp3) is 0.348. The van der Waals surface area contributed by atoms with Crippen molar-refractivity contribution in [1.82, 2.24) is 9.97 Å². The van der Waals surface area contributed by atoms with Crippen molar-refractivity contribution < 1.29 is 14.3 Å². The van der Waals surface area contributed by atoms with Crippen LogP contribution in [0.15, 0.2) is 48.8 Å². The summed E-state index contributed by atoms with van der Waals surface area (Å²) in [7, 11) is 0. The van der Waals surface area contributed by atoms with Gasteiger partial charge >= 0.3 is 5.97 Å². The first-order chi connectivity index (χ1) is 14.3. The first kappa shape index (κ1) is 20.5. The molecule has 2 atom stereocenters. The summed E-state index contributed by atoms with van der Waals surface area (Å²) < 4.78 is 7.58. The summed E-state index contributed by atoms with van der Waals surface area (Å²) >= 11 is 1.46. The number of aromatic amines is 1. The molecule has 7 heteroatoms. The Morgan fingerprint density at radius 2 is 1.97 bits per heavy atom. The van der Waals surface area contributed by atoms with E-state index in [0.29, 0.717) is 11.3 Å². The molecule has 4 rings (SSSR count). The molecular formula is C23H25N3O3S. The number of nitrogens with one attached hydrogen (secondary N) is 1. The van der Waals surface area contributed by atoms with Crippen LogP contribution in [-0.4, -0.2) is 39.1 Å². The van der Waals surface area contributed by atoms with E-state index in [2.05, 4.69) is 9.97 Å². The van der Waals surface area contributed by atoms with Crippen LogP contribution >= 0.6 is 11.9 Å². The lowest BCUT2D eigenvalue weighted by atomic mass is 9.90. The second-order valence-electron chi connectivity index (χ2n) is 8.45. The standard InChI is InChI=1S/C23H25N3O3S/c1-14-19(16-9-5-6-10-18(16)25-14)21(27)17-13-30-26(15-8-7-11-24-12-15)20(17)22(28)29-23(2,3)4/h5-12,17,20,25H,13H2,1-4H3. The number of hydrogen-bond acceptors (Lipinski definition) is 6. The average Bonchev–Trinajstić information content (AvgIpc) is 3.27. The number of para-hydroxylation sites is 1. The molecule has 0 bridgehead atoms. The number of fused-ring (bicyclic) bond motifs is 1. The molecule has 1 aliphatic rings. The van der Waals surface area contributed by atoms with Crippen LogP contribution in [0.5, 0.6) is 0 Å². The number of ketones is 1. The summed E-state index contributed by atoms with van der Waals surface area (Å²) in [6, 6.07) is 10.7. The maximum absolute atomic E-state index is 13.7. The molecule has 1 saturated heterocycles. The molecule has 2 unspecified atom stereocenters. The summed E-state index contributed by atoms with van der Waals surface area (Å²) in [4.78, 5) is 34.4. The zero-order valence-corrected chi connectivity index (χ0v) is 18.3. The lowest BCUT2D eigenvalue weighted by Crippen LogP contribution is -2.44. The van der Waals surface area contributed by atoms with Crippen molar-refractivity contribution in [3.8, 4) is 0 Å². The van der Waals surface area contributed by atoms with Crippen LogP contribution in [0.2, 0.25) is 0 Å². The topological polar surface area (TPSA) is 75.3 Å². The highest BCUT2D eigenvalue weighted by Gasteiger charge is 2.47. The third-order valence-electron chi connectivity index (χ3n) is 5.05. The quantitative estimate of drug-likeness (QED) is 0.377. The van der Waals surface area contributed by atoms with Crippen molar-refractivity contribution >= 4 is 40.3 Å². The summed E-state index contributed by atoms with van der Waals surface area (Å²) in [5.74, 6) is -0.466. The number of carbonyl (C=O) groups excluding carboxylic acids is 2. The molecule has 6 nitrogen and oxygen atoms in total. The van der Waals surface area contributed by atoms with Gasteiger partial charge in [-0.2, -0.15) is 0 Å². The number of anilines is 1. The normalized spacial score (nSPS) is 19.3. The van der Waals surface area contributed by atoms with Gasteiger partial charge in [-0.3, -0.25) is 14.1 Å². The Morgan fingerprint density at radius 1 is 1.20 bits per heavy atom. The second kappa shape index (κ2) is 7.80. The van der Waals surface area contributed by atoms with Gasteiger partial charge in [-0.25, -0.2) is 4.79 Å². The Hall–Kier alpha value is -2.80. The third-order valence-corrected chi connectivity index (χ3v) is 6.28. The van der Waals surface area contributed by atoms with E-state index in [9.17, 15) is 9.59 Å². The minimum Gasteiger partial charge on any atom is -0.458 e. The van der Waals surface area contributed by atoms with Gasteiger partial charge in [0.1, 0.15) is 11.6 Å². The predicted octanol–water partition coefficient (Wildman–Crippen LogP) is 4.55. The molecule has 0 radical (unpaired) electrons. The number of carbonyl (C=O) groups is 2. The van der Waals surface area contributed by atoms with Crippen LogP contribution in [0.3, 0.4) is 0 Å². The van der Waals surface area contributed by atoms with Gasteiger partial charge in [-0.05, 0) is 57.8 Å². The molecule has 156 valence electrons. The van der Waals surface area contributed by atoms with Crippen LogP contribution in [0.4, 0.5) is 5.69 Å². The number of hydrogen-bond donors (Lipinski definition) is 1. The molecule has 3 aromatic rings. The Morgan fingerprint density at radius 3 is 2.67 bits per heavy atom. The maximum atomic E-state index is 13.7. The third kappa shape index (κ3) is 3.81. The molecule has 30 heavy (non-hydrogen) atoms. The lowest BCUT2D eigenvalue weighted by molar-refractivity contribution is -0.156. The van der Waals surface area contributed by atoms with Crippen molar-refractivity contribution in [2.24, 2.45) is 5.92 Å². The number of aromatic nitrogens is 2. The molecule has 0 spiro atoms. The van der Waals surface area contributed by atoms with E-state index in [1.54, 1.807) is 12.4 Å². The Bertz CT molecular complexity index is 1090. The van der Waals surface area contributed by atoms with Gasteiger partial charge in [0.25, 0.3) is 0 Å². The summed E-state index contributed by atoms with van der Waals surface area (Å²) in [6.07, 6.45) is 3.39. The highest BCUT2D eigenvalue weighted by atomic mass is 32.2. The maximum Gasteiger partial charge on any atom is 0.331 e. The molecule has 2 aromatic heterocycles. The molecular weight excluding hydrogens is 398 g/mol. The SMILES string of the molecule is Cc1[nH]c2ccccc2c1C(=O)C1CSN(c2cccnc2)C1C(=O)OC(C)(C)C. The van der Waals surface area contributed by atoms with Gasteiger partial charge in [0.2, 0.25) is 0 Å². The van der Waals surface area contributed by atoms with Gasteiger partial charge < -0.3 is 9.72 Å². The molecule has 0 aliphatic carbocycles. The van der Waals surface area contributed by atoms with Crippen molar-refractivity contribution in [3.63, 3.8) is 0 Å². The van der Waals surface area contributed by atoms with Crippen LogP contribution < -0.4 is 4.31 Å². The zero-order valence-electron chi connectivity index (χ0n) is 17.5. The van der Waals surface area contributed by atoms with E-state index in [-0.39, 0.29) is 5.78 Å². The van der Waals surface area contributed by atoms with E-state index in [4.69, 9.17) is 4.74 Å². The van der Waals surface area contributed by atoms with Crippen molar-refractivity contribution in [2.45, 2.75) is 39.3 Å². The van der Waals surface area contributed by atoms with Crippen LogP contribution in [0, 0.1) is 12.8 Å². The number of aryl methyl sites for hydroxylation is 1. The first-order valence-corrected chi connectivity index (χ1v) is 10.9. The Kier molecular flexibility index (Phi) is 5.32. The van der Waals surface area contributed by atoms with E-state index in [0.717, 1.165) is 22.3 Å². The van der Waals surface area contributed by atoms with Crippen molar-refractivity contribution in [1.29, 1.82) is 0 Å². The Labute approximate surface area is 180 Å². The van der Waals surface area contributed by atoms with E-state index >= 15 is 0 Å². The minimum atomic E-state index is -0.723. The summed E-state index contributed by atoms with van der Waals surface area (Å²) in [6.45, 7) is 7.41. The highest BCUT2D eigenvalue weighted by Crippen LogP contribution is 2.40. The van der Waals surface area contributed by atoms with E-state index in [1.807, 2.05) is 68.4 Å². The van der Waals surface area contributed by atoms with Gasteiger partial charge in [0, 0.05) is 34.1 Å². The lowest BCUT2D eigenvalue weighted by Gasteiger charge is -2.29. The second-order valence-corrected chi connectivity index (χ2v) is 9.44. The average molecular weight is 424 g/mol. The summed E-state index contributed by atoms with van der Waals surface area (Å²) in [5, 5.41) is 0.882. The monoisotopic (exact) mass is 423 g/mol. The zero-order chi connectivity index (χ0) is 21.5. The minimum absolute atomic E-state index is 0.0419. The molecule has 0 amide bonds. The smallest absolute Gasteiger partial charge is 0.331 e. The van der Waals surface area contributed by atoms with E-state index < -0.39 is 23.5 Å². The number of rotatable bonds is 4. The van der Waals surface area contributed by atoms with Gasteiger partial charge in [0.15, 0.2) is 5.78 Å². The van der Waals surface area contributed by atoms with Crippen LogP contribution in [0.1, 0.15) is 36.8 Å². The Balaban J connectivity index is 1.74. The molecule has 1 aliphatic heterocycles. The predicted molar refractivity (Wildman–Crippen MR) is 120 cm³/mol. The van der Waals surface area contributed by atoms with Crippen molar-refractivity contribution in [2.75, 3.05) is 10.1 Å². The first-order valence-electron chi connectivity index (χ1n) is 9.93. The number of ether oxygens (including phenoxy) is 1. The molecule has 1 N–H and O–H groups in total. The largest absolute Gasteiger partial charge is 0.458 e. The van der Waals surface area contributed by atoms with Crippen LogP contribution in [0.25, 0.3) is 10.9 Å². The van der Waals surface area contributed by atoms with Crippen molar-refractivity contribution in [3.05, 3.63) is 60.0 Å². The number of Topliss-reactive ketones (excluding diaryl/α,β-unsaturated/α-hetero) is 1. The molecule has 1 aromatic carbocycles. The van der Waals surface area contributed by atoms with E-state index in [1.165, 1.54) is 11.9 Å². The number of benzene rings is 1. The fourth-order valence-corrected chi connectivity index (χ4v) is 5.14. The number of pyridine rings is 1. The highest BCUT2D eigenvalue weighted by molar-refractivity contribution is 8.01. The summed E-state index contributed by atoms with van der Waals surface area (Å²) in [5.41, 5.74) is 2.52. The fourth-order valence-electron chi connectivity index (χ4n) is 3.84. The van der Waals surface area contributed by atoms with Gasteiger partial charge in [-0.1, -0.05) is 18.2 Å². The van der Waals surface area contributed by atoms with Gasteiger partial charge in [0.05, 0.1) is 17.8 Å². The number of H-pyrrole nitrogens is 1.